The van der Waals surface area contributed by atoms with E-state index in [4.69, 9.17) is 4.74 Å². The Morgan fingerprint density at radius 3 is 2.73 bits per heavy atom. The molecule has 6 nitrogen and oxygen atoms in total. The summed E-state index contributed by atoms with van der Waals surface area (Å²) in [6, 6.07) is 8.06. The van der Waals surface area contributed by atoms with Crippen LogP contribution < -0.4 is 15.4 Å². The van der Waals surface area contributed by atoms with Crippen molar-refractivity contribution in [2.24, 2.45) is 4.99 Å². The molecule has 142 valence electrons. The van der Waals surface area contributed by atoms with E-state index in [9.17, 15) is 4.79 Å². The Hall–Kier alpha value is -2.50. The van der Waals surface area contributed by atoms with E-state index in [1.807, 2.05) is 25.1 Å². The van der Waals surface area contributed by atoms with Gasteiger partial charge in [0.25, 0.3) is 0 Å². The summed E-state index contributed by atoms with van der Waals surface area (Å²) >= 11 is 0. The topological polar surface area (TPSA) is 66.0 Å². The number of amides is 1. The molecule has 0 aliphatic carbocycles. The van der Waals surface area contributed by atoms with Crippen LogP contribution in [0.15, 0.2) is 41.4 Å². The molecule has 1 amide bonds. The van der Waals surface area contributed by atoms with Gasteiger partial charge in [0.1, 0.15) is 17.9 Å². The summed E-state index contributed by atoms with van der Waals surface area (Å²) in [5.41, 5.74) is 1.80. The van der Waals surface area contributed by atoms with Gasteiger partial charge in [-0.1, -0.05) is 30.4 Å². The molecule has 1 unspecified atom stereocenters. The van der Waals surface area contributed by atoms with Crippen molar-refractivity contribution < 1.29 is 9.53 Å². The lowest BCUT2D eigenvalue weighted by Gasteiger charge is -2.38. The van der Waals surface area contributed by atoms with Crippen LogP contribution in [0.3, 0.4) is 0 Å². The number of carbonyl (C=O) groups excluding carboxylic acids is 1. The fourth-order valence-corrected chi connectivity index (χ4v) is 2.77. The molecular formula is C20H30N4O2. The van der Waals surface area contributed by atoms with Gasteiger partial charge in [-0.2, -0.15) is 0 Å². The number of hydrogen-bond acceptors (Lipinski definition) is 3. The van der Waals surface area contributed by atoms with E-state index >= 15 is 0 Å². The number of likely N-dealkylation sites (N-methyl/N-ethyl adjacent to an activating group) is 1. The predicted octanol–water partition coefficient (Wildman–Crippen LogP) is 2.49. The van der Waals surface area contributed by atoms with Gasteiger partial charge in [-0.15, -0.1) is 0 Å². The summed E-state index contributed by atoms with van der Waals surface area (Å²) in [4.78, 5) is 17.9. The highest BCUT2D eigenvalue weighted by molar-refractivity contribution is 5.85. The average molecular weight is 358 g/mol. The lowest BCUT2D eigenvalue weighted by Crippen LogP contribution is -2.46. The quantitative estimate of drug-likeness (QED) is 0.482. The van der Waals surface area contributed by atoms with Gasteiger partial charge >= 0.3 is 0 Å². The molecule has 0 aromatic heterocycles. The van der Waals surface area contributed by atoms with E-state index in [-0.39, 0.29) is 24.1 Å². The first kappa shape index (κ1) is 19.8. The number of aliphatic imine (C=N–C) groups is 1. The zero-order valence-electron chi connectivity index (χ0n) is 16.4. The Labute approximate surface area is 156 Å². The van der Waals surface area contributed by atoms with Crippen molar-refractivity contribution in [3.05, 3.63) is 42.0 Å². The number of nitrogens with zero attached hydrogens (tertiary/aromatic N) is 2. The van der Waals surface area contributed by atoms with E-state index in [2.05, 4.69) is 42.1 Å². The highest BCUT2D eigenvalue weighted by atomic mass is 16.5. The maximum atomic E-state index is 11.9. The van der Waals surface area contributed by atoms with Crippen molar-refractivity contribution in [1.82, 2.24) is 15.5 Å². The van der Waals surface area contributed by atoms with Crippen LogP contribution in [0.5, 0.6) is 5.75 Å². The molecule has 0 radical (unpaired) electrons. The molecule has 0 bridgehead atoms. The summed E-state index contributed by atoms with van der Waals surface area (Å²) in [5, 5.41) is 6.71. The largest absolute Gasteiger partial charge is 0.487 e. The Morgan fingerprint density at radius 2 is 2.08 bits per heavy atom. The molecule has 2 N–H and O–H groups in total. The van der Waals surface area contributed by atoms with Gasteiger partial charge in [0.15, 0.2) is 5.96 Å². The Morgan fingerprint density at radius 1 is 1.38 bits per heavy atom. The minimum atomic E-state index is -0.287. The first-order valence-electron chi connectivity index (χ1n) is 8.85. The number of ether oxygens (including phenoxy) is 1. The van der Waals surface area contributed by atoms with Crippen molar-refractivity contribution in [2.75, 3.05) is 27.2 Å². The Kier molecular flexibility index (Phi) is 6.29. The summed E-state index contributed by atoms with van der Waals surface area (Å²) in [5.74, 6) is 1.43. The highest BCUT2D eigenvalue weighted by Gasteiger charge is 2.34. The fraction of sp³-hybridized carbons (Fsp3) is 0.500. The number of guanidine groups is 1. The molecule has 1 aromatic carbocycles. The van der Waals surface area contributed by atoms with Gasteiger partial charge in [-0.3, -0.25) is 4.79 Å². The van der Waals surface area contributed by atoms with Crippen molar-refractivity contribution in [3.8, 4) is 5.75 Å². The third-order valence-electron chi connectivity index (χ3n) is 4.12. The summed E-state index contributed by atoms with van der Waals surface area (Å²) in [6.45, 7) is 10.7. The van der Waals surface area contributed by atoms with Gasteiger partial charge in [0.05, 0.1) is 6.04 Å². The molecule has 1 atom stereocenters. The molecule has 1 aliphatic heterocycles. The first-order chi connectivity index (χ1) is 12.2. The van der Waals surface area contributed by atoms with Crippen molar-refractivity contribution in [3.63, 3.8) is 0 Å². The average Bonchev–Trinajstić information content (AvgIpc) is 2.55. The molecule has 0 spiro atoms. The van der Waals surface area contributed by atoms with E-state index in [1.165, 1.54) is 4.90 Å². The summed E-state index contributed by atoms with van der Waals surface area (Å²) in [7, 11) is 3.45. The number of para-hydroxylation sites is 1. The van der Waals surface area contributed by atoms with Crippen molar-refractivity contribution in [2.45, 2.75) is 38.8 Å². The molecule has 0 saturated carbocycles. The molecule has 2 rings (SSSR count). The SMILES string of the molecule is C=C(C)CNC(=NCC(=O)N(C)C)NC1CC(C)(C)Oc2ccccc21. The minimum Gasteiger partial charge on any atom is -0.487 e. The number of nitrogens with one attached hydrogen (secondary N) is 2. The van der Waals surface area contributed by atoms with E-state index in [1.54, 1.807) is 14.1 Å². The van der Waals surface area contributed by atoms with E-state index < -0.39 is 0 Å². The van der Waals surface area contributed by atoms with Crippen LogP contribution >= 0.6 is 0 Å². The fourth-order valence-electron chi connectivity index (χ4n) is 2.77. The summed E-state index contributed by atoms with van der Waals surface area (Å²) < 4.78 is 6.08. The molecule has 26 heavy (non-hydrogen) atoms. The smallest absolute Gasteiger partial charge is 0.243 e. The zero-order valence-corrected chi connectivity index (χ0v) is 16.4. The number of hydrogen-bond donors (Lipinski definition) is 2. The zero-order chi connectivity index (χ0) is 19.3. The van der Waals surface area contributed by atoms with Gasteiger partial charge in [-0.25, -0.2) is 4.99 Å². The van der Waals surface area contributed by atoms with Crippen LogP contribution in [0.25, 0.3) is 0 Å². The second-order valence-corrected chi connectivity index (χ2v) is 7.56. The first-order valence-corrected chi connectivity index (χ1v) is 8.85. The standard InChI is InChI=1S/C20H30N4O2/c1-14(2)12-21-19(22-13-18(25)24(5)6)23-16-11-20(3,4)26-17-10-8-7-9-15(16)17/h7-10,16H,1,11-13H2,2-6H3,(H2,21,22,23). The van der Waals surface area contributed by atoms with Crippen molar-refractivity contribution in [1.29, 1.82) is 0 Å². The molecular weight excluding hydrogens is 328 g/mol. The van der Waals surface area contributed by atoms with E-state index in [0.29, 0.717) is 12.5 Å². The molecule has 1 aromatic rings. The molecule has 1 heterocycles. The molecule has 1 aliphatic rings. The van der Waals surface area contributed by atoms with Crippen LogP contribution in [0.1, 0.15) is 38.8 Å². The van der Waals surface area contributed by atoms with Crippen molar-refractivity contribution >= 4 is 11.9 Å². The molecule has 0 saturated heterocycles. The lowest BCUT2D eigenvalue weighted by atomic mass is 9.90. The Balaban J connectivity index is 2.22. The maximum Gasteiger partial charge on any atom is 0.243 e. The number of benzene rings is 1. The monoisotopic (exact) mass is 358 g/mol. The second-order valence-electron chi connectivity index (χ2n) is 7.56. The third-order valence-corrected chi connectivity index (χ3v) is 4.12. The van der Waals surface area contributed by atoms with Gasteiger partial charge in [0, 0.05) is 32.6 Å². The lowest BCUT2D eigenvalue weighted by molar-refractivity contribution is -0.127. The van der Waals surface area contributed by atoms with Crippen LogP contribution in [0.4, 0.5) is 0 Å². The van der Waals surface area contributed by atoms with Crippen LogP contribution in [0.2, 0.25) is 0 Å². The highest BCUT2D eigenvalue weighted by Crippen LogP contribution is 2.39. The maximum absolute atomic E-state index is 11.9. The summed E-state index contributed by atoms with van der Waals surface area (Å²) in [6.07, 6.45) is 0.791. The normalized spacial score (nSPS) is 18.3. The number of fused-ring (bicyclic) bond motifs is 1. The molecule has 6 heteroatoms. The van der Waals surface area contributed by atoms with Gasteiger partial charge in [-0.05, 0) is 26.8 Å². The third kappa shape index (κ3) is 5.51. The van der Waals surface area contributed by atoms with Crippen LogP contribution in [0, 0.1) is 0 Å². The van der Waals surface area contributed by atoms with Gasteiger partial charge in [0.2, 0.25) is 5.91 Å². The van der Waals surface area contributed by atoms with E-state index in [0.717, 1.165) is 23.3 Å². The van der Waals surface area contributed by atoms with Crippen LogP contribution in [-0.2, 0) is 4.79 Å². The predicted molar refractivity (Wildman–Crippen MR) is 105 cm³/mol. The number of carbonyl (C=O) groups is 1. The van der Waals surface area contributed by atoms with Gasteiger partial charge < -0.3 is 20.3 Å². The Bertz CT molecular complexity index is 695. The second kappa shape index (κ2) is 8.25. The molecule has 0 fully saturated rings. The minimum absolute atomic E-state index is 0.0424. The number of rotatable bonds is 5. The van der Waals surface area contributed by atoms with Crippen LogP contribution in [-0.4, -0.2) is 49.6 Å².